The second-order valence-corrected chi connectivity index (χ2v) is 5.91. The normalized spacial score (nSPS) is 21.9. The van der Waals surface area contributed by atoms with Crippen LogP contribution in [0.1, 0.15) is 48.5 Å². The van der Waals surface area contributed by atoms with Gasteiger partial charge in [0.1, 0.15) is 0 Å². The van der Waals surface area contributed by atoms with E-state index in [2.05, 4.69) is 12.2 Å². The van der Waals surface area contributed by atoms with E-state index in [0.29, 0.717) is 17.2 Å². The van der Waals surface area contributed by atoms with Crippen molar-refractivity contribution in [2.75, 3.05) is 12.3 Å². The van der Waals surface area contributed by atoms with E-state index in [1.807, 2.05) is 19.1 Å². The summed E-state index contributed by atoms with van der Waals surface area (Å²) in [6.45, 7) is 5.04. The number of rotatable bonds is 3. The number of hydrogen-bond donors (Lipinski definition) is 2. The molecule has 0 bridgehead atoms. The Kier molecular flexibility index (Phi) is 6.34. The third-order valence-electron chi connectivity index (χ3n) is 4.19. The summed E-state index contributed by atoms with van der Waals surface area (Å²) in [6.07, 6.45) is 5.05. The molecule has 3 N–H and O–H groups in total. The van der Waals surface area contributed by atoms with Crippen molar-refractivity contribution in [3.05, 3.63) is 29.3 Å². The second-order valence-electron chi connectivity index (χ2n) is 5.91. The molecular weight excluding hydrogens is 272 g/mol. The highest BCUT2D eigenvalue weighted by Gasteiger charge is 2.19. The average molecular weight is 297 g/mol. The van der Waals surface area contributed by atoms with Crippen LogP contribution < -0.4 is 11.1 Å². The number of anilines is 1. The van der Waals surface area contributed by atoms with E-state index in [-0.39, 0.29) is 18.3 Å². The minimum atomic E-state index is 0. The maximum atomic E-state index is 12.2. The molecule has 0 radical (unpaired) electrons. The van der Waals surface area contributed by atoms with Gasteiger partial charge in [0.25, 0.3) is 5.91 Å². The fourth-order valence-corrected chi connectivity index (χ4v) is 2.75. The summed E-state index contributed by atoms with van der Waals surface area (Å²) < 4.78 is 0. The van der Waals surface area contributed by atoms with Gasteiger partial charge in [0.15, 0.2) is 0 Å². The van der Waals surface area contributed by atoms with Crippen molar-refractivity contribution in [2.24, 2.45) is 11.8 Å². The molecule has 1 aromatic rings. The number of halogens is 1. The standard InChI is InChI=1S/C16H24N2O.ClH/c1-11-3-6-13(7-4-11)10-18-16(19)15-9-14(17)8-5-12(15)2;/h5,8-9,11,13H,3-4,6-7,10,17H2,1-2H3,(H,18,19);1H. The van der Waals surface area contributed by atoms with Gasteiger partial charge in [-0.25, -0.2) is 0 Å². The predicted octanol–water partition coefficient (Wildman–Crippen LogP) is 3.56. The maximum Gasteiger partial charge on any atom is 0.251 e. The minimum Gasteiger partial charge on any atom is -0.399 e. The van der Waals surface area contributed by atoms with Gasteiger partial charge in [-0.3, -0.25) is 4.79 Å². The molecule has 3 nitrogen and oxygen atoms in total. The third kappa shape index (κ3) is 4.41. The molecule has 2 rings (SSSR count). The van der Waals surface area contributed by atoms with Crippen molar-refractivity contribution >= 4 is 24.0 Å². The van der Waals surface area contributed by atoms with Crippen molar-refractivity contribution in [2.45, 2.75) is 39.5 Å². The molecule has 0 spiro atoms. The first-order chi connectivity index (χ1) is 9.06. The summed E-state index contributed by atoms with van der Waals surface area (Å²) in [5.74, 6) is 1.49. The molecule has 0 aromatic heterocycles. The highest BCUT2D eigenvalue weighted by Crippen LogP contribution is 2.27. The van der Waals surface area contributed by atoms with E-state index in [1.54, 1.807) is 6.07 Å². The molecule has 1 saturated carbocycles. The highest BCUT2D eigenvalue weighted by atomic mass is 35.5. The Morgan fingerprint density at radius 3 is 2.60 bits per heavy atom. The Labute approximate surface area is 127 Å². The SMILES string of the molecule is Cc1ccc(N)cc1C(=O)NCC1CCC(C)CC1.Cl. The molecule has 1 aliphatic rings. The van der Waals surface area contributed by atoms with Crippen LogP contribution in [0.3, 0.4) is 0 Å². The van der Waals surface area contributed by atoms with Crippen molar-refractivity contribution < 1.29 is 4.79 Å². The molecule has 112 valence electrons. The first-order valence-electron chi connectivity index (χ1n) is 7.20. The van der Waals surface area contributed by atoms with Crippen LogP contribution in [0, 0.1) is 18.8 Å². The van der Waals surface area contributed by atoms with Crippen molar-refractivity contribution in [1.82, 2.24) is 5.32 Å². The number of nitrogen functional groups attached to an aromatic ring is 1. The van der Waals surface area contributed by atoms with Gasteiger partial charge in [0, 0.05) is 17.8 Å². The van der Waals surface area contributed by atoms with Crippen molar-refractivity contribution in [1.29, 1.82) is 0 Å². The molecule has 0 unspecified atom stereocenters. The number of benzene rings is 1. The van der Waals surface area contributed by atoms with Gasteiger partial charge < -0.3 is 11.1 Å². The van der Waals surface area contributed by atoms with Crippen LogP contribution in [-0.2, 0) is 0 Å². The van der Waals surface area contributed by atoms with Gasteiger partial charge in [0.2, 0.25) is 0 Å². The lowest BCUT2D eigenvalue weighted by Gasteiger charge is -2.26. The smallest absolute Gasteiger partial charge is 0.251 e. The van der Waals surface area contributed by atoms with Crippen molar-refractivity contribution in [3.63, 3.8) is 0 Å². The number of hydrogen-bond acceptors (Lipinski definition) is 2. The third-order valence-corrected chi connectivity index (χ3v) is 4.19. The monoisotopic (exact) mass is 296 g/mol. The molecule has 0 aliphatic heterocycles. The van der Waals surface area contributed by atoms with E-state index in [9.17, 15) is 4.79 Å². The zero-order chi connectivity index (χ0) is 13.8. The number of nitrogens with two attached hydrogens (primary N) is 1. The van der Waals surface area contributed by atoms with Crippen LogP contribution in [0.25, 0.3) is 0 Å². The van der Waals surface area contributed by atoms with Gasteiger partial charge in [-0.2, -0.15) is 0 Å². The largest absolute Gasteiger partial charge is 0.399 e. The molecule has 1 aromatic carbocycles. The molecule has 0 saturated heterocycles. The number of aryl methyl sites for hydroxylation is 1. The Morgan fingerprint density at radius 2 is 1.95 bits per heavy atom. The number of carbonyl (C=O) groups is 1. The van der Waals surface area contributed by atoms with Gasteiger partial charge in [-0.05, 0) is 49.3 Å². The molecule has 0 atom stereocenters. The van der Waals surface area contributed by atoms with Gasteiger partial charge in [0.05, 0.1) is 0 Å². The quantitative estimate of drug-likeness (QED) is 0.838. The Morgan fingerprint density at radius 1 is 1.30 bits per heavy atom. The van der Waals surface area contributed by atoms with E-state index >= 15 is 0 Å². The van der Waals surface area contributed by atoms with Crippen LogP contribution in [0.2, 0.25) is 0 Å². The topological polar surface area (TPSA) is 55.1 Å². The summed E-state index contributed by atoms with van der Waals surface area (Å²) in [6, 6.07) is 5.48. The lowest BCUT2D eigenvalue weighted by molar-refractivity contribution is 0.0941. The summed E-state index contributed by atoms with van der Waals surface area (Å²) in [5.41, 5.74) is 8.05. The van der Waals surface area contributed by atoms with E-state index in [4.69, 9.17) is 5.73 Å². The Hall–Kier alpha value is -1.22. The molecule has 0 heterocycles. The minimum absolute atomic E-state index is 0. The van der Waals surface area contributed by atoms with Gasteiger partial charge in [-0.15, -0.1) is 12.4 Å². The zero-order valence-corrected chi connectivity index (χ0v) is 13.1. The zero-order valence-electron chi connectivity index (χ0n) is 12.3. The number of carbonyl (C=O) groups excluding carboxylic acids is 1. The van der Waals surface area contributed by atoms with Crippen LogP contribution in [0.4, 0.5) is 5.69 Å². The van der Waals surface area contributed by atoms with E-state index in [0.717, 1.165) is 18.0 Å². The summed E-state index contributed by atoms with van der Waals surface area (Å²) in [5, 5.41) is 3.06. The lowest BCUT2D eigenvalue weighted by Crippen LogP contribution is -2.31. The lowest BCUT2D eigenvalue weighted by atomic mass is 9.83. The molecule has 20 heavy (non-hydrogen) atoms. The van der Waals surface area contributed by atoms with Crippen LogP contribution in [0.5, 0.6) is 0 Å². The maximum absolute atomic E-state index is 12.2. The van der Waals surface area contributed by atoms with Crippen LogP contribution >= 0.6 is 12.4 Å². The van der Waals surface area contributed by atoms with E-state index < -0.39 is 0 Å². The van der Waals surface area contributed by atoms with Gasteiger partial charge in [-0.1, -0.05) is 25.8 Å². The predicted molar refractivity (Wildman–Crippen MR) is 86.3 cm³/mol. The van der Waals surface area contributed by atoms with Gasteiger partial charge >= 0.3 is 0 Å². The summed E-state index contributed by atoms with van der Waals surface area (Å²) in [7, 11) is 0. The number of nitrogens with one attached hydrogen (secondary N) is 1. The Bertz CT molecular complexity index is 454. The molecular formula is C16H25ClN2O. The van der Waals surface area contributed by atoms with Crippen LogP contribution in [0.15, 0.2) is 18.2 Å². The fourth-order valence-electron chi connectivity index (χ4n) is 2.75. The molecule has 1 aliphatic carbocycles. The van der Waals surface area contributed by atoms with Crippen LogP contribution in [-0.4, -0.2) is 12.5 Å². The molecule has 1 fully saturated rings. The first kappa shape index (κ1) is 16.8. The Balaban J connectivity index is 0.00000200. The average Bonchev–Trinajstić information content (AvgIpc) is 2.40. The molecule has 4 heteroatoms. The van der Waals surface area contributed by atoms with E-state index in [1.165, 1.54) is 25.7 Å². The highest BCUT2D eigenvalue weighted by molar-refractivity contribution is 5.96. The number of amides is 1. The van der Waals surface area contributed by atoms with Crippen molar-refractivity contribution in [3.8, 4) is 0 Å². The fraction of sp³-hybridized carbons (Fsp3) is 0.562. The second kappa shape index (κ2) is 7.53. The summed E-state index contributed by atoms with van der Waals surface area (Å²) in [4.78, 5) is 12.2. The molecule has 1 amide bonds. The summed E-state index contributed by atoms with van der Waals surface area (Å²) >= 11 is 0. The first-order valence-corrected chi connectivity index (χ1v) is 7.20.